The van der Waals surface area contributed by atoms with Crippen LogP contribution in [0.1, 0.15) is 31.0 Å². The second kappa shape index (κ2) is 8.96. The van der Waals surface area contributed by atoms with Gasteiger partial charge in [-0.3, -0.25) is 14.2 Å². The Bertz CT molecular complexity index is 1340. The fourth-order valence-electron chi connectivity index (χ4n) is 3.71. The van der Waals surface area contributed by atoms with Crippen molar-refractivity contribution in [1.82, 2.24) is 9.55 Å². The van der Waals surface area contributed by atoms with Crippen LogP contribution in [-0.2, 0) is 4.79 Å². The highest BCUT2D eigenvalue weighted by Crippen LogP contribution is 2.33. The first-order valence-corrected chi connectivity index (χ1v) is 11.4. The molecule has 32 heavy (non-hydrogen) atoms. The number of fused-ring (bicyclic) bond motifs is 1. The molecule has 1 atom stereocenters. The molecule has 0 saturated heterocycles. The minimum absolute atomic E-state index is 0.222. The molecule has 2 heterocycles. The number of hydrogen-bond acceptors (Lipinski definition) is 5. The maximum atomic E-state index is 13.4. The van der Waals surface area contributed by atoms with Crippen LogP contribution in [0.4, 0.5) is 5.69 Å². The summed E-state index contributed by atoms with van der Waals surface area (Å²) in [5.74, 6) is 0.446. The lowest BCUT2D eigenvalue weighted by Crippen LogP contribution is -2.31. The lowest BCUT2D eigenvalue weighted by Gasteiger charge is -2.15. The Kier molecular flexibility index (Phi) is 6.10. The maximum absolute atomic E-state index is 13.4. The number of nitrogens with one attached hydrogen (secondary N) is 1. The van der Waals surface area contributed by atoms with Gasteiger partial charge in [0.15, 0.2) is 0 Å². The van der Waals surface area contributed by atoms with E-state index in [4.69, 9.17) is 4.74 Å². The van der Waals surface area contributed by atoms with Crippen LogP contribution >= 0.6 is 11.3 Å². The number of rotatable bonds is 6. The molecule has 164 valence electrons. The lowest BCUT2D eigenvalue weighted by molar-refractivity contribution is -0.118. The van der Waals surface area contributed by atoms with E-state index in [2.05, 4.69) is 16.4 Å². The Morgan fingerprint density at radius 3 is 2.59 bits per heavy atom. The highest BCUT2D eigenvalue weighted by molar-refractivity contribution is 7.17. The average molecular weight is 448 g/mol. The molecule has 0 radical (unpaired) electrons. The molecule has 4 aromatic rings. The van der Waals surface area contributed by atoms with Crippen molar-refractivity contribution in [1.29, 1.82) is 0 Å². The second-order valence-corrected chi connectivity index (χ2v) is 8.59. The van der Waals surface area contributed by atoms with Crippen LogP contribution in [0, 0.1) is 13.8 Å². The molecule has 0 spiro atoms. The molecule has 0 aliphatic carbocycles. The van der Waals surface area contributed by atoms with Crippen LogP contribution in [-0.4, -0.2) is 22.1 Å². The second-order valence-electron chi connectivity index (χ2n) is 7.73. The van der Waals surface area contributed by atoms with Gasteiger partial charge in [-0.15, -0.1) is 11.3 Å². The number of amides is 1. The van der Waals surface area contributed by atoms with Gasteiger partial charge in [-0.1, -0.05) is 23.8 Å². The first-order chi connectivity index (χ1) is 15.4. The van der Waals surface area contributed by atoms with E-state index in [0.29, 0.717) is 22.5 Å². The third kappa shape index (κ3) is 4.16. The zero-order valence-corrected chi connectivity index (χ0v) is 19.3. The molecule has 4 rings (SSSR count). The summed E-state index contributed by atoms with van der Waals surface area (Å²) in [6.07, 6.45) is 1.45. The van der Waals surface area contributed by atoms with E-state index >= 15 is 0 Å². The SMILES string of the molecule is CCOc1ccc(NC(=O)C(C)n2cnc3scc(-c4ccc(C)cc4C)c3c2=O)cc1. The lowest BCUT2D eigenvalue weighted by atomic mass is 9.99. The number of carbonyl (C=O) groups excluding carboxylic acids is 1. The number of nitrogens with zero attached hydrogens (tertiary/aromatic N) is 2. The molecule has 2 aromatic carbocycles. The van der Waals surface area contributed by atoms with E-state index < -0.39 is 6.04 Å². The summed E-state index contributed by atoms with van der Waals surface area (Å²) in [4.78, 5) is 31.4. The summed E-state index contributed by atoms with van der Waals surface area (Å²) in [5, 5.41) is 5.37. The number of aryl methyl sites for hydroxylation is 2. The van der Waals surface area contributed by atoms with E-state index in [1.807, 2.05) is 38.3 Å². The highest BCUT2D eigenvalue weighted by atomic mass is 32.1. The van der Waals surface area contributed by atoms with Crippen molar-refractivity contribution in [2.45, 2.75) is 33.7 Å². The van der Waals surface area contributed by atoms with Crippen molar-refractivity contribution in [2.75, 3.05) is 11.9 Å². The van der Waals surface area contributed by atoms with Gasteiger partial charge in [0, 0.05) is 16.6 Å². The highest BCUT2D eigenvalue weighted by Gasteiger charge is 2.21. The van der Waals surface area contributed by atoms with Gasteiger partial charge in [0.05, 0.1) is 18.3 Å². The summed E-state index contributed by atoms with van der Waals surface area (Å²) < 4.78 is 6.82. The van der Waals surface area contributed by atoms with Gasteiger partial charge in [0.25, 0.3) is 5.56 Å². The van der Waals surface area contributed by atoms with Gasteiger partial charge in [-0.2, -0.15) is 0 Å². The minimum atomic E-state index is -0.724. The third-order valence-corrected chi connectivity index (χ3v) is 6.31. The zero-order valence-electron chi connectivity index (χ0n) is 18.5. The van der Waals surface area contributed by atoms with Gasteiger partial charge >= 0.3 is 0 Å². The molecule has 0 aliphatic rings. The molecule has 1 N–H and O–H groups in total. The molecule has 1 amide bonds. The van der Waals surface area contributed by atoms with Gasteiger partial charge < -0.3 is 10.1 Å². The molecule has 6 nitrogen and oxygen atoms in total. The zero-order chi connectivity index (χ0) is 22.8. The van der Waals surface area contributed by atoms with E-state index in [0.717, 1.165) is 22.4 Å². The molecule has 7 heteroatoms. The summed E-state index contributed by atoms with van der Waals surface area (Å²) >= 11 is 1.44. The molecule has 2 aromatic heterocycles. The molecular formula is C25H25N3O3S. The number of benzene rings is 2. The van der Waals surface area contributed by atoms with Crippen LogP contribution in [0.2, 0.25) is 0 Å². The summed E-state index contributed by atoms with van der Waals surface area (Å²) in [6, 6.07) is 12.6. The van der Waals surface area contributed by atoms with E-state index in [-0.39, 0.29) is 11.5 Å². The normalized spacial score (nSPS) is 12.0. The van der Waals surface area contributed by atoms with E-state index in [1.54, 1.807) is 31.2 Å². The fraction of sp³-hybridized carbons (Fsp3) is 0.240. The Morgan fingerprint density at radius 2 is 1.91 bits per heavy atom. The van der Waals surface area contributed by atoms with Crippen LogP contribution in [0.15, 0.2) is 59.0 Å². The first-order valence-electron chi connectivity index (χ1n) is 10.5. The molecule has 0 fully saturated rings. The van der Waals surface area contributed by atoms with Gasteiger partial charge in [-0.25, -0.2) is 4.98 Å². The topological polar surface area (TPSA) is 73.2 Å². The molecule has 1 unspecified atom stereocenters. The predicted molar refractivity (Wildman–Crippen MR) is 130 cm³/mol. The summed E-state index contributed by atoms with van der Waals surface area (Å²) in [7, 11) is 0. The Labute approximate surface area is 190 Å². The Hall–Kier alpha value is -3.45. The quantitative estimate of drug-likeness (QED) is 0.433. The van der Waals surface area contributed by atoms with Crippen molar-refractivity contribution in [3.8, 4) is 16.9 Å². The van der Waals surface area contributed by atoms with Crippen LogP contribution in [0.3, 0.4) is 0 Å². The van der Waals surface area contributed by atoms with Crippen molar-refractivity contribution in [3.05, 3.63) is 75.7 Å². The van der Waals surface area contributed by atoms with Crippen LogP contribution in [0.25, 0.3) is 21.3 Å². The maximum Gasteiger partial charge on any atom is 0.263 e. The molecule has 0 bridgehead atoms. The summed E-state index contributed by atoms with van der Waals surface area (Å²) in [6.45, 7) is 8.27. The van der Waals surface area contributed by atoms with Gasteiger partial charge in [-0.05, 0) is 63.1 Å². The standard InChI is InChI=1S/C25H25N3O3S/c1-5-31-19-9-7-18(8-10-19)27-23(29)17(4)28-14-26-24-22(25(28)30)21(13-32-24)20-11-6-15(2)12-16(20)3/h6-14,17H,5H2,1-4H3,(H,27,29). The molecular weight excluding hydrogens is 422 g/mol. The number of ether oxygens (including phenoxy) is 1. The van der Waals surface area contributed by atoms with Crippen LogP contribution in [0.5, 0.6) is 5.75 Å². The molecule has 0 aliphatic heterocycles. The van der Waals surface area contributed by atoms with E-state index in [1.165, 1.54) is 27.8 Å². The van der Waals surface area contributed by atoms with Crippen molar-refractivity contribution in [3.63, 3.8) is 0 Å². The van der Waals surface area contributed by atoms with Crippen molar-refractivity contribution >= 4 is 33.1 Å². The summed E-state index contributed by atoms with van der Waals surface area (Å²) in [5.41, 5.74) is 4.54. The van der Waals surface area contributed by atoms with Crippen molar-refractivity contribution in [2.24, 2.45) is 0 Å². The number of anilines is 1. The van der Waals surface area contributed by atoms with Gasteiger partial charge in [0.2, 0.25) is 5.91 Å². The van der Waals surface area contributed by atoms with Gasteiger partial charge in [0.1, 0.15) is 16.6 Å². The Balaban J connectivity index is 1.66. The number of aromatic nitrogens is 2. The Morgan fingerprint density at radius 1 is 1.16 bits per heavy atom. The number of hydrogen-bond donors (Lipinski definition) is 1. The molecule has 0 saturated carbocycles. The van der Waals surface area contributed by atoms with E-state index in [9.17, 15) is 9.59 Å². The largest absolute Gasteiger partial charge is 0.494 e. The fourth-order valence-corrected chi connectivity index (χ4v) is 4.61. The number of thiophene rings is 1. The predicted octanol–water partition coefficient (Wildman–Crippen LogP) is 5.34. The monoisotopic (exact) mass is 447 g/mol. The third-order valence-electron chi connectivity index (χ3n) is 5.42. The first kappa shape index (κ1) is 21.8. The van der Waals surface area contributed by atoms with Crippen molar-refractivity contribution < 1.29 is 9.53 Å². The minimum Gasteiger partial charge on any atom is -0.494 e. The number of carbonyl (C=O) groups is 1. The smallest absolute Gasteiger partial charge is 0.263 e. The average Bonchev–Trinajstić information content (AvgIpc) is 3.20. The van der Waals surface area contributed by atoms with Crippen LogP contribution < -0.4 is 15.6 Å².